The highest BCUT2D eigenvalue weighted by molar-refractivity contribution is 6.30. The molecular formula is C17H18ClN5O2. The highest BCUT2D eigenvalue weighted by Gasteiger charge is 2.26. The highest BCUT2D eigenvalue weighted by atomic mass is 35.5. The average Bonchev–Trinajstić information content (AvgIpc) is 3.23. The summed E-state index contributed by atoms with van der Waals surface area (Å²) >= 11 is 6.03. The smallest absolute Gasteiger partial charge is 0.254 e. The molecule has 1 atom stereocenters. The maximum absolute atomic E-state index is 6.07. The molecule has 3 aromatic rings. The number of fused-ring (bicyclic) bond motifs is 1. The van der Waals surface area contributed by atoms with Gasteiger partial charge in [0.1, 0.15) is 24.0 Å². The standard InChI is InChI=1S/C17H18ClN5O2/c1-24-10-13-8-16(23-17(21-13)19-11-20-23)22-6-5-15(9-22)25-14-4-2-3-12(18)7-14/h2-4,7-8,11,15H,5-6,9-10H2,1H3. The lowest BCUT2D eigenvalue weighted by Gasteiger charge is -2.20. The minimum atomic E-state index is 0.0936. The summed E-state index contributed by atoms with van der Waals surface area (Å²) in [4.78, 5) is 10.9. The van der Waals surface area contributed by atoms with Gasteiger partial charge < -0.3 is 14.4 Å². The molecule has 1 aliphatic heterocycles. The molecule has 1 aromatic carbocycles. The summed E-state index contributed by atoms with van der Waals surface area (Å²) in [5, 5.41) is 4.96. The molecular weight excluding hydrogens is 342 g/mol. The molecule has 1 aliphatic rings. The molecule has 0 aliphatic carbocycles. The molecule has 0 saturated carbocycles. The third-order valence-electron chi connectivity index (χ3n) is 4.15. The Morgan fingerprint density at radius 3 is 3.08 bits per heavy atom. The van der Waals surface area contributed by atoms with E-state index in [9.17, 15) is 0 Å². The Morgan fingerprint density at radius 2 is 2.24 bits per heavy atom. The van der Waals surface area contributed by atoms with Gasteiger partial charge in [-0.25, -0.2) is 4.98 Å². The van der Waals surface area contributed by atoms with Crippen molar-refractivity contribution in [2.45, 2.75) is 19.1 Å². The number of hydrogen-bond acceptors (Lipinski definition) is 6. The number of aromatic nitrogens is 4. The first kappa shape index (κ1) is 16.1. The van der Waals surface area contributed by atoms with Crippen LogP contribution in [0.2, 0.25) is 5.02 Å². The maximum atomic E-state index is 6.07. The fourth-order valence-electron chi connectivity index (χ4n) is 3.06. The molecule has 1 saturated heterocycles. The molecule has 8 heteroatoms. The van der Waals surface area contributed by atoms with Crippen molar-refractivity contribution in [3.63, 3.8) is 0 Å². The van der Waals surface area contributed by atoms with Crippen LogP contribution in [0.3, 0.4) is 0 Å². The summed E-state index contributed by atoms with van der Waals surface area (Å²) in [5.41, 5.74) is 0.831. The first-order chi connectivity index (χ1) is 12.2. The van der Waals surface area contributed by atoms with E-state index in [4.69, 9.17) is 21.1 Å². The van der Waals surface area contributed by atoms with E-state index >= 15 is 0 Å². The number of anilines is 1. The van der Waals surface area contributed by atoms with Crippen LogP contribution in [0.1, 0.15) is 12.1 Å². The second-order valence-corrected chi connectivity index (χ2v) is 6.38. The fraction of sp³-hybridized carbons (Fsp3) is 0.353. The maximum Gasteiger partial charge on any atom is 0.254 e. The summed E-state index contributed by atoms with van der Waals surface area (Å²) in [6.07, 6.45) is 2.53. The van der Waals surface area contributed by atoms with Crippen molar-refractivity contribution >= 4 is 23.2 Å². The number of nitrogens with zero attached hydrogens (tertiary/aromatic N) is 5. The molecule has 2 aromatic heterocycles. The summed E-state index contributed by atoms with van der Waals surface area (Å²) < 4.78 is 13.0. The van der Waals surface area contributed by atoms with E-state index in [-0.39, 0.29) is 6.10 Å². The largest absolute Gasteiger partial charge is 0.488 e. The van der Waals surface area contributed by atoms with Crippen molar-refractivity contribution in [2.75, 3.05) is 25.1 Å². The van der Waals surface area contributed by atoms with Gasteiger partial charge in [0.05, 0.1) is 18.8 Å². The lowest BCUT2D eigenvalue weighted by atomic mass is 10.3. The van der Waals surface area contributed by atoms with Gasteiger partial charge in [-0.05, 0) is 18.2 Å². The zero-order valence-corrected chi connectivity index (χ0v) is 14.6. The van der Waals surface area contributed by atoms with Crippen LogP contribution >= 0.6 is 11.6 Å². The van der Waals surface area contributed by atoms with E-state index < -0.39 is 0 Å². The quantitative estimate of drug-likeness (QED) is 0.697. The number of methoxy groups -OCH3 is 1. The number of halogens is 1. The number of ether oxygens (including phenoxy) is 2. The Labute approximate surface area is 150 Å². The Balaban J connectivity index is 1.55. The summed E-state index contributed by atoms with van der Waals surface area (Å²) in [6.45, 7) is 2.07. The minimum absolute atomic E-state index is 0.0936. The minimum Gasteiger partial charge on any atom is -0.488 e. The lowest BCUT2D eigenvalue weighted by Crippen LogP contribution is -2.26. The fourth-order valence-corrected chi connectivity index (χ4v) is 3.24. The van der Waals surface area contributed by atoms with E-state index in [1.807, 2.05) is 30.3 Å². The van der Waals surface area contributed by atoms with Crippen molar-refractivity contribution in [3.05, 3.63) is 47.4 Å². The summed E-state index contributed by atoms with van der Waals surface area (Å²) in [6, 6.07) is 9.48. The second kappa shape index (κ2) is 6.85. The molecule has 0 spiro atoms. The molecule has 7 nitrogen and oxygen atoms in total. The Hall–Kier alpha value is -2.38. The first-order valence-corrected chi connectivity index (χ1v) is 8.46. The lowest BCUT2D eigenvalue weighted by molar-refractivity contribution is 0.181. The van der Waals surface area contributed by atoms with Crippen LogP contribution in [-0.4, -0.2) is 45.9 Å². The molecule has 1 fully saturated rings. The Morgan fingerprint density at radius 1 is 1.32 bits per heavy atom. The van der Waals surface area contributed by atoms with Gasteiger partial charge in [0.25, 0.3) is 5.78 Å². The van der Waals surface area contributed by atoms with Gasteiger partial charge in [0, 0.05) is 31.2 Å². The molecule has 4 rings (SSSR count). The van der Waals surface area contributed by atoms with Crippen molar-refractivity contribution < 1.29 is 9.47 Å². The average molecular weight is 360 g/mol. The van der Waals surface area contributed by atoms with Crippen molar-refractivity contribution in [3.8, 4) is 5.75 Å². The van der Waals surface area contributed by atoms with Crippen molar-refractivity contribution in [1.82, 2.24) is 19.6 Å². The summed E-state index contributed by atoms with van der Waals surface area (Å²) in [7, 11) is 1.65. The highest BCUT2D eigenvalue weighted by Crippen LogP contribution is 2.25. The van der Waals surface area contributed by atoms with Gasteiger partial charge in [-0.15, -0.1) is 0 Å². The molecule has 0 N–H and O–H groups in total. The molecule has 0 amide bonds. The zero-order valence-electron chi connectivity index (χ0n) is 13.8. The van der Waals surface area contributed by atoms with Gasteiger partial charge in [0.2, 0.25) is 0 Å². The molecule has 0 bridgehead atoms. The van der Waals surface area contributed by atoms with Gasteiger partial charge in [-0.1, -0.05) is 17.7 Å². The number of hydrogen-bond donors (Lipinski definition) is 0. The van der Waals surface area contributed by atoms with Gasteiger partial charge in [-0.3, -0.25) is 0 Å². The van der Waals surface area contributed by atoms with Crippen molar-refractivity contribution in [2.24, 2.45) is 0 Å². The normalized spacial score (nSPS) is 17.4. The van der Waals surface area contributed by atoms with E-state index in [0.717, 1.165) is 36.8 Å². The number of benzene rings is 1. The predicted octanol–water partition coefficient (Wildman–Crippen LogP) is 2.58. The van der Waals surface area contributed by atoms with Crippen LogP contribution in [0.15, 0.2) is 36.7 Å². The van der Waals surface area contributed by atoms with Crippen LogP contribution in [0.4, 0.5) is 5.82 Å². The zero-order chi connectivity index (χ0) is 17.2. The number of rotatable bonds is 5. The molecule has 3 heterocycles. The third kappa shape index (κ3) is 3.38. The van der Waals surface area contributed by atoms with E-state index in [2.05, 4.69) is 20.0 Å². The SMILES string of the molecule is COCc1cc(N2CCC(Oc3cccc(Cl)c3)C2)n2ncnc2n1. The summed E-state index contributed by atoms with van der Waals surface area (Å²) in [5.74, 6) is 2.32. The third-order valence-corrected chi connectivity index (χ3v) is 4.38. The van der Waals surface area contributed by atoms with Crippen LogP contribution < -0.4 is 9.64 Å². The van der Waals surface area contributed by atoms with E-state index in [1.54, 1.807) is 11.6 Å². The van der Waals surface area contributed by atoms with E-state index in [1.165, 1.54) is 6.33 Å². The van der Waals surface area contributed by atoms with Crippen molar-refractivity contribution in [1.29, 1.82) is 0 Å². The van der Waals surface area contributed by atoms with Gasteiger partial charge in [0.15, 0.2) is 0 Å². The van der Waals surface area contributed by atoms with Gasteiger partial charge in [-0.2, -0.15) is 14.6 Å². The predicted molar refractivity (Wildman–Crippen MR) is 94.2 cm³/mol. The van der Waals surface area contributed by atoms with E-state index in [0.29, 0.717) is 17.4 Å². The van der Waals surface area contributed by atoms with Crippen LogP contribution in [0.25, 0.3) is 5.78 Å². The molecule has 1 unspecified atom stereocenters. The molecule has 0 radical (unpaired) electrons. The van der Waals surface area contributed by atoms with Crippen LogP contribution in [0, 0.1) is 0 Å². The first-order valence-electron chi connectivity index (χ1n) is 8.08. The second-order valence-electron chi connectivity index (χ2n) is 5.94. The topological polar surface area (TPSA) is 64.8 Å². The monoisotopic (exact) mass is 359 g/mol. The molecule has 130 valence electrons. The van der Waals surface area contributed by atoms with Crippen LogP contribution in [0.5, 0.6) is 5.75 Å². The van der Waals surface area contributed by atoms with Crippen LogP contribution in [-0.2, 0) is 11.3 Å². The Kier molecular flexibility index (Phi) is 4.42. The Bertz CT molecular complexity index is 884. The van der Waals surface area contributed by atoms with Gasteiger partial charge >= 0.3 is 0 Å². The molecule has 25 heavy (non-hydrogen) atoms.